The number of aryl methyl sites for hydroxylation is 1. The van der Waals surface area contributed by atoms with Crippen LogP contribution in [-0.2, 0) is 6.42 Å². The van der Waals surface area contributed by atoms with Crippen LogP contribution in [0, 0.1) is 0 Å². The zero-order valence-corrected chi connectivity index (χ0v) is 12.5. The van der Waals surface area contributed by atoms with Crippen LogP contribution in [0.2, 0.25) is 0 Å². The van der Waals surface area contributed by atoms with Crippen LogP contribution in [0.15, 0.2) is 36.4 Å². The van der Waals surface area contributed by atoms with Gasteiger partial charge >= 0.3 is 5.97 Å². The monoisotopic (exact) mass is 285 g/mol. The topological polar surface area (TPSA) is 59.4 Å². The molecule has 2 aromatic rings. The number of carbonyl (C=O) groups is 1. The number of hydrogen-bond acceptors (Lipinski definition) is 3. The lowest BCUT2D eigenvalue weighted by Crippen LogP contribution is -2.05. The first-order valence-corrected chi connectivity index (χ1v) is 7.01. The van der Waals surface area contributed by atoms with Gasteiger partial charge in [-0.2, -0.15) is 0 Å². The fourth-order valence-corrected chi connectivity index (χ4v) is 2.10. The van der Waals surface area contributed by atoms with Gasteiger partial charge in [-0.3, -0.25) is 4.98 Å². The Labute approximate surface area is 124 Å². The molecule has 4 nitrogen and oxygen atoms in total. The Balaban J connectivity index is 2.31. The van der Waals surface area contributed by atoms with E-state index in [-0.39, 0.29) is 11.7 Å². The molecule has 0 aliphatic heterocycles. The second kappa shape index (κ2) is 6.39. The van der Waals surface area contributed by atoms with E-state index in [1.807, 2.05) is 45.0 Å². The van der Waals surface area contributed by atoms with Crippen LogP contribution in [0.1, 0.15) is 36.8 Å². The van der Waals surface area contributed by atoms with Crippen LogP contribution in [0.3, 0.4) is 0 Å². The molecule has 0 atom stereocenters. The third-order valence-corrected chi connectivity index (χ3v) is 3.06. The number of aromatic carboxylic acids is 1. The van der Waals surface area contributed by atoms with E-state index in [2.05, 4.69) is 4.98 Å². The van der Waals surface area contributed by atoms with Gasteiger partial charge in [0.05, 0.1) is 23.1 Å². The third kappa shape index (κ3) is 3.60. The van der Waals surface area contributed by atoms with Crippen molar-refractivity contribution in [1.29, 1.82) is 0 Å². The number of carboxylic acids is 1. The fourth-order valence-electron chi connectivity index (χ4n) is 2.10. The van der Waals surface area contributed by atoms with Gasteiger partial charge in [-0.1, -0.05) is 6.92 Å². The Bertz CT molecular complexity index is 633. The molecule has 2 rings (SSSR count). The van der Waals surface area contributed by atoms with E-state index in [9.17, 15) is 4.79 Å². The van der Waals surface area contributed by atoms with Gasteiger partial charge in [0.1, 0.15) is 5.75 Å². The zero-order chi connectivity index (χ0) is 15.4. The summed E-state index contributed by atoms with van der Waals surface area (Å²) in [5, 5.41) is 9.12. The lowest BCUT2D eigenvalue weighted by atomic mass is 10.1. The van der Waals surface area contributed by atoms with E-state index in [4.69, 9.17) is 9.84 Å². The maximum Gasteiger partial charge on any atom is 0.337 e. The largest absolute Gasteiger partial charge is 0.491 e. The molecule has 0 bridgehead atoms. The van der Waals surface area contributed by atoms with Crippen molar-refractivity contribution in [1.82, 2.24) is 4.98 Å². The van der Waals surface area contributed by atoms with Crippen LogP contribution in [0.25, 0.3) is 11.3 Å². The first-order valence-electron chi connectivity index (χ1n) is 7.01. The molecule has 4 heteroatoms. The Morgan fingerprint density at radius 2 is 1.86 bits per heavy atom. The summed E-state index contributed by atoms with van der Waals surface area (Å²) in [6, 6.07) is 11.0. The molecule has 21 heavy (non-hydrogen) atoms. The summed E-state index contributed by atoms with van der Waals surface area (Å²) in [4.78, 5) is 15.6. The van der Waals surface area contributed by atoms with Crippen molar-refractivity contribution in [2.24, 2.45) is 0 Å². The number of nitrogens with zero attached hydrogens (tertiary/aromatic N) is 1. The molecule has 0 aliphatic carbocycles. The highest BCUT2D eigenvalue weighted by Gasteiger charge is 2.11. The summed E-state index contributed by atoms with van der Waals surface area (Å²) in [7, 11) is 0. The minimum atomic E-state index is -0.938. The first kappa shape index (κ1) is 15.0. The SMILES string of the molecule is CCc1nc(-c2ccc(OC(C)C)cc2)ccc1C(=O)O. The van der Waals surface area contributed by atoms with Crippen molar-refractivity contribution in [2.75, 3.05) is 0 Å². The minimum Gasteiger partial charge on any atom is -0.491 e. The second-order valence-electron chi connectivity index (χ2n) is 5.04. The number of pyridine rings is 1. The Kier molecular flexibility index (Phi) is 4.58. The van der Waals surface area contributed by atoms with Gasteiger partial charge in [0, 0.05) is 5.56 Å². The number of ether oxygens (including phenoxy) is 1. The van der Waals surface area contributed by atoms with Crippen LogP contribution >= 0.6 is 0 Å². The van der Waals surface area contributed by atoms with Crippen molar-refractivity contribution >= 4 is 5.97 Å². The number of carboxylic acid groups (broad SMARTS) is 1. The van der Waals surface area contributed by atoms with E-state index >= 15 is 0 Å². The molecule has 0 spiro atoms. The molecule has 0 aliphatic rings. The van der Waals surface area contributed by atoms with E-state index < -0.39 is 5.97 Å². The zero-order valence-electron chi connectivity index (χ0n) is 12.5. The van der Waals surface area contributed by atoms with Gasteiger partial charge in [-0.25, -0.2) is 4.79 Å². The maximum atomic E-state index is 11.1. The van der Waals surface area contributed by atoms with E-state index in [1.165, 1.54) is 0 Å². The van der Waals surface area contributed by atoms with Gasteiger partial charge in [0.2, 0.25) is 0 Å². The van der Waals surface area contributed by atoms with Crippen molar-refractivity contribution in [2.45, 2.75) is 33.3 Å². The molecular formula is C17H19NO3. The lowest BCUT2D eigenvalue weighted by Gasteiger charge is -2.10. The third-order valence-electron chi connectivity index (χ3n) is 3.06. The first-order chi connectivity index (χ1) is 10.0. The summed E-state index contributed by atoms with van der Waals surface area (Å²) >= 11 is 0. The summed E-state index contributed by atoms with van der Waals surface area (Å²) in [5.41, 5.74) is 2.58. The van der Waals surface area contributed by atoms with Crippen LogP contribution < -0.4 is 4.74 Å². The van der Waals surface area contributed by atoms with E-state index in [0.29, 0.717) is 12.1 Å². The standard InChI is InChI=1S/C17H19NO3/c1-4-15-14(17(19)20)9-10-16(18-15)12-5-7-13(8-6-12)21-11(2)3/h5-11H,4H2,1-3H3,(H,19,20). The molecule has 1 aromatic heterocycles. The average Bonchev–Trinajstić information content (AvgIpc) is 2.46. The lowest BCUT2D eigenvalue weighted by molar-refractivity contribution is 0.0695. The quantitative estimate of drug-likeness (QED) is 0.907. The van der Waals surface area contributed by atoms with Gasteiger partial charge in [0.25, 0.3) is 0 Å². The van der Waals surface area contributed by atoms with Gasteiger partial charge in [-0.15, -0.1) is 0 Å². The van der Waals surface area contributed by atoms with Crippen molar-refractivity contribution in [3.8, 4) is 17.0 Å². The summed E-state index contributed by atoms with van der Waals surface area (Å²) in [6.45, 7) is 5.86. The molecule has 1 aromatic carbocycles. The molecular weight excluding hydrogens is 266 g/mol. The number of hydrogen-bond donors (Lipinski definition) is 1. The fraction of sp³-hybridized carbons (Fsp3) is 0.294. The molecule has 0 unspecified atom stereocenters. The Hall–Kier alpha value is -2.36. The predicted octanol–water partition coefficient (Wildman–Crippen LogP) is 3.80. The molecule has 1 heterocycles. The van der Waals surface area contributed by atoms with Crippen molar-refractivity contribution in [3.63, 3.8) is 0 Å². The Morgan fingerprint density at radius 1 is 1.19 bits per heavy atom. The van der Waals surface area contributed by atoms with Gasteiger partial charge in [0.15, 0.2) is 0 Å². The second-order valence-corrected chi connectivity index (χ2v) is 5.04. The molecule has 0 radical (unpaired) electrons. The van der Waals surface area contributed by atoms with Crippen LogP contribution in [0.4, 0.5) is 0 Å². The molecule has 0 fully saturated rings. The van der Waals surface area contributed by atoms with Crippen LogP contribution in [0.5, 0.6) is 5.75 Å². The van der Waals surface area contributed by atoms with E-state index in [1.54, 1.807) is 12.1 Å². The molecule has 110 valence electrons. The van der Waals surface area contributed by atoms with Crippen molar-refractivity contribution in [3.05, 3.63) is 47.7 Å². The smallest absolute Gasteiger partial charge is 0.337 e. The molecule has 0 saturated heterocycles. The minimum absolute atomic E-state index is 0.135. The highest BCUT2D eigenvalue weighted by atomic mass is 16.5. The van der Waals surface area contributed by atoms with Gasteiger partial charge in [-0.05, 0) is 56.7 Å². The van der Waals surface area contributed by atoms with Crippen LogP contribution in [-0.4, -0.2) is 22.2 Å². The highest BCUT2D eigenvalue weighted by molar-refractivity contribution is 5.89. The van der Waals surface area contributed by atoms with Crippen molar-refractivity contribution < 1.29 is 14.6 Å². The summed E-state index contributed by atoms with van der Waals surface area (Å²) < 4.78 is 5.60. The predicted molar refractivity (Wildman–Crippen MR) is 81.8 cm³/mol. The summed E-state index contributed by atoms with van der Waals surface area (Å²) in [5.74, 6) is -0.127. The Morgan fingerprint density at radius 3 is 2.38 bits per heavy atom. The van der Waals surface area contributed by atoms with Gasteiger partial charge < -0.3 is 9.84 Å². The maximum absolute atomic E-state index is 11.1. The molecule has 0 saturated carbocycles. The van der Waals surface area contributed by atoms with E-state index in [0.717, 1.165) is 17.0 Å². The molecule has 0 amide bonds. The number of rotatable bonds is 5. The summed E-state index contributed by atoms with van der Waals surface area (Å²) in [6.07, 6.45) is 0.722. The molecule has 1 N–H and O–H groups in total. The average molecular weight is 285 g/mol. The number of aromatic nitrogens is 1. The number of benzene rings is 1. The highest BCUT2D eigenvalue weighted by Crippen LogP contribution is 2.23. The normalized spacial score (nSPS) is 10.7.